The van der Waals surface area contributed by atoms with Gasteiger partial charge in [-0.1, -0.05) is 6.08 Å². The SMILES string of the molecule is CC(C)(C)OC(=O)N1CCC(NC(=O)C2CC=C3CN2C(=O)N3O)CC1. The summed E-state index contributed by atoms with van der Waals surface area (Å²) in [6.07, 6.45) is 3.05. The lowest BCUT2D eigenvalue weighted by Crippen LogP contribution is -2.53. The van der Waals surface area contributed by atoms with Crippen molar-refractivity contribution < 1.29 is 24.3 Å². The third-order valence-electron chi connectivity index (χ3n) is 4.78. The summed E-state index contributed by atoms with van der Waals surface area (Å²) in [5, 5.41) is 13.2. The largest absolute Gasteiger partial charge is 0.444 e. The van der Waals surface area contributed by atoms with Crippen LogP contribution in [-0.4, -0.2) is 75.4 Å². The molecule has 1 unspecified atom stereocenters. The van der Waals surface area contributed by atoms with Crippen molar-refractivity contribution in [1.82, 2.24) is 20.2 Å². The Balaban J connectivity index is 1.49. The van der Waals surface area contributed by atoms with Crippen LogP contribution in [0.25, 0.3) is 0 Å². The first-order valence-corrected chi connectivity index (χ1v) is 8.92. The number of likely N-dealkylation sites (tertiary alicyclic amines) is 1. The zero-order valence-corrected chi connectivity index (χ0v) is 15.4. The summed E-state index contributed by atoms with van der Waals surface area (Å²) in [4.78, 5) is 39.6. The molecule has 2 fully saturated rings. The van der Waals surface area contributed by atoms with Crippen LogP contribution < -0.4 is 5.32 Å². The molecule has 3 heterocycles. The molecule has 2 bridgehead atoms. The molecule has 3 aliphatic heterocycles. The maximum absolute atomic E-state index is 12.6. The first kappa shape index (κ1) is 18.5. The minimum absolute atomic E-state index is 0.0468. The highest BCUT2D eigenvalue weighted by Crippen LogP contribution is 2.27. The van der Waals surface area contributed by atoms with Crippen LogP contribution in [0.15, 0.2) is 11.8 Å². The van der Waals surface area contributed by atoms with E-state index in [9.17, 15) is 19.6 Å². The number of ether oxygens (including phenoxy) is 1. The third-order valence-corrected chi connectivity index (χ3v) is 4.78. The van der Waals surface area contributed by atoms with Crippen molar-refractivity contribution in [1.29, 1.82) is 0 Å². The molecule has 0 aromatic heterocycles. The van der Waals surface area contributed by atoms with Gasteiger partial charge in [0.1, 0.15) is 11.6 Å². The number of piperidine rings is 1. The predicted octanol–water partition coefficient (Wildman–Crippen LogP) is 1.29. The molecule has 0 radical (unpaired) electrons. The van der Waals surface area contributed by atoms with Gasteiger partial charge in [0.2, 0.25) is 5.91 Å². The van der Waals surface area contributed by atoms with Crippen LogP contribution in [0.3, 0.4) is 0 Å². The second kappa shape index (κ2) is 6.79. The molecule has 3 aliphatic rings. The minimum atomic E-state index is -0.604. The molecule has 9 nitrogen and oxygen atoms in total. The number of rotatable bonds is 2. The van der Waals surface area contributed by atoms with E-state index >= 15 is 0 Å². The monoisotopic (exact) mass is 366 g/mol. The number of carbonyl (C=O) groups is 3. The topological polar surface area (TPSA) is 102 Å². The van der Waals surface area contributed by atoms with Crippen LogP contribution in [0.1, 0.15) is 40.0 Å². The predicted molar refractivity (Wildman–Crippen MR) is 91.2 cm³/mol. The average molecular weight is 366 g/mol. The maximum atomic E-state index is 12.6. The fourth-order valence-electron chi connectivity index (χ4n) is 3.40. The van der Waals surface area contributed by atoms with Crippen molar-refractivity contribution in [2.45, 2.75) is 57.7 Å². The molecular weight excluding hydrogens is 340 g/mol. The van der Waals surface area contributed by atoms with Crippen LogP contribution >= 0.6 is 0 Å². The van der Waals surface area contributed by atoms with Crippen LogP contribution in [0.4, 0.5) is 9.59 Å². The lowest BCUT2D eigenvalue weighted by Gasteiger charge is -2.35. The first-order chi connectivity index (χ1) is 12.2. The molecular formula is C17H26N4O5. The zero-order valence-electron chi connectivity index (χ0n) is 15.4. The van der Waals surface area contributed by atoms with Crippen LogP contribution in [0.2, 0.25) is 0 Å². The Morgan fingerprint density at radius 3 is 2.54 bits per heavy atom. The summed E-state index contributed by atoms with van der Waals surface area (Å²) in [5.41, 5.74) is -0.0112. The molecule has 0 spiro atoms. The molecule has 144 valence electrons. The number of nitrogens with zero attached hydrogens (tertiary/aromatic N) is 3. The number of urea groups is 1. The number of nitrogens with one attached hydrogen (secondary N) is 1. The van der Waals surface area contributed by atoms with Gasteiger partial charge in [0, 0.05) is 19.1 Å². The van der Waals surface area contributed by atoms with Gasteiger partial charge in [0.25, 0.3) is 0 Å². The van der Waals surface area contributed by atoms with Gasteiger partial charge in [0.05, 0.1) is 12.2 Å². The molecule has 4 amide bonds. The second-order valence-corrected chi connectivity index (χ2v) is 7.92. The number of amides is 4. The lowest BCUT2D eigenvalue weighted by atomic mass is 10.0. The van der Waals surface area contributed by atoms with Crippen molar-refractivity contribution in [3.8, 4) is 0 Å². The Bertz CT molecular complexity index is 634. The summed E-state index contributed by atoms with van der Waals surface area (Å²) >= 11 is 0. The van der Waals surface area contributed by atoms with Gasteiger partial charge < -0.3 is 19.9 Å². The minimum Gasteiger partial charge on any atom is -0.444 e. The lowest BCUT2D eigenvalue weighted by molar-refractivity contribution is -0.126. The Morgan fingerprint density at radius 2 is 1.92 bits per heavy atom. The number of hydrogen-bond donors (Lipinski definition) is 2. The van der Waals surface area contributed by atoms with E-state index in [1.165, 1.54) is 4.90 Å². The fourth-order valence-corrected chi connectivity index (χ4v) is 3.40. The molecule has 1 atom stereocenters. The number of fused-ring (bicyclic) bond motifs is 2. The smallest absolute Gasteiger partial charge is 0.410 e. The Hall–Kier alpha value is -2.29. The highest BCUT2D eigenvalue weighted by Gasteiger charge is 2.43. The Kier molecular flexibility index (Phi) is 4.83. The van der Waals surface area contributed by atoms with E-state index in [-0.39, 0.29) is 24.6 Å². The summed E-state index contributed by atoms with van der Waals surface area (Å²) < 4.78 is 5.36. The van der Waals surface area contributed by atoms with Gasteiger partial charge >= 0.3 is 12.1 Å². The fraction of sp³-hybridized carbons (Fsp3) is 0.706. The standard InChI is InChI=1S/C17H26N4O5/c1-17(2,3)26-16(24)19-8-6-11(7-9-19)18-14(22)13-5-4-12-10-20(13)15(23)21(12)25/h4,11,13,25H,5-10H2,1-3H3,(H,18,22). The van der Waals surface area contributed by atoms with Crippen LogP contribution in [0.5, 0.6) is 0 Å². The molecule has 3 rings (SSSR count). The van der Waals surface area contributed by atoms with E-state index < -0.39 is 17.7 Å². The van der Waals surface area contributed by atoms with Gasteiger partial charge in [-0.15, -0.1) is 0 Å². The molecule has 0 aromatic rings. The van der Waals surface area contributed by atoms with E-state index in [4.69, 9.17) is 4.74 Å². The summed E-state index contributed by atoms with van der Waals surface area (Å²) in [5.74, 6) is -0.223. The molecule has 2 saturated heterocycles. The van der Waals surface area contributed by atoms with Crippen molar-refractivity contribution in [3.63, 3.8) is 0 Å². The van der Waals surface area contributed by atoms with Crippen molar-refractivity contribution in [3.05, 3.63) is 11.8 Å². The maximum Gasteiger partial charge on any atom is 0.410 e. The summed E-state index contributed by atoms with van der Waals surface area (Å²) in [6, 6.07) is -1.21. The number of hydroxylamine groups is 2. The van der Waals surface area contributed by atoms with Crippen molar-refractivity contribution in [2.24, 2.45) is 0 Å². The van der Waals surface area contributed by atoms with E-state index in [1.54, 1.807) is 11.0 Å². The Labute approximate surface area is 152 Å². The number of carbonyl (C=O) groups excluding carboxylic acids is 3. The number of hydrogen-bond acceptors (Lipinski definition) is 5. The van der Waals surface area contributed by atoms with Crippen LogP contribution in [0, 0.1) is 0 Å². The molecule has 26 heavy (non-hydrogen) atoms. The molecule has 2 N–H and O–H groups in total. The summed E-state index contributed by atoms with van der Waals surface area (Å²) in [7, 11) is 0. The molecule has 0 aliphatic carbocycles. The first-order valence-electron chi connectivity index (χ1n) is 8.92. The molecule has 9 heteroatoms. The quantitative estimate of drug-likeness (QED) is 0.717. The van der Waals surface area contributed by atoms with Gasteiger partial charge in [-0.3, -0.25) is 10.0 Å². The van der Waals surface area contributed by atoms with Gasteiger partial charge in [-0.2, -0.15) is 5.06 Å². The Morgan fingerprint density at radius 1 is 1.27 bits per heavy atom. The van der Waals surface area contributed by atoms with E-state index in [1.807, 2.05) is 20.8 Å². The van der Waals surface area contributed by atoms with Gasteiger partial charge in [0.15, 0.2) is 0 Å². The van der Waals surface area contributed by atoms with Crippen LogP contribution in [-0.2, 0) is 9.53 Å². The van der Waals surface area contributed by atoms with Gasteiger partial charge in [-0.25, -0.2) is 9.59 Å². The normalized spacial score (nSPS) is 23.8. The second-order valence-electron chi connectivity index (χ2n) is 7.92. The molecule has 0 aromatic carbocycles. The third kappa shape index (κ3) is 3.77. The van der Waals surface area contributed by atoms with E-state index in [0.717, 1.165) is 0 Å². The van der Waals surface area contributed by atoms with E-state index in [0.29, 0.717) is 43.1 Å². The van der Waals surface area contributed by atoms with Gasteiger partial charge in [-0.05, 0) is 40.0 Å². The van der Waals surface area contributed by atoms with Crippen molar-refractivity contribution >= 4 is 18.0 Å². The summed E-state index contributed by atoms with van der Waals surface area (Å²) in [6.45, 7) is 6.77. The zero-order chi connectivity index (χ0) is 19.1. The highest BCUT2D eigenvalue weighted by molar-refractivity contribution is 5.90. The molecule has 0 saturated carbocycles. The highest BCUT2D eigenvalue weighted by atomic mass is 16.6. The van der Waals surface area contributed by atoms with E-state index in [2.05, 4.69) is 5.32 Å². The van der Waals surface area contributed by atoms with Crippen molar-refractivity contribution in [2.75, 3.05) is 19.6 Å². The average Bonchev–Trinajstić information content (AvgIpc) is 2.78.